The quantitative estimate of drug-likeness (QED) is 0.722. The number of urea groups is 1. The maximum Gasteiger partial charge on any atom is 0.315 e. The highest BCUT2D eigenvalue weighted by Crippen LogP contribution is 2.31. The van der Waals surface area contributed by atoms with Crippen LogP contribution in [0, 0.1) is 0 Å². The second-order valence-corrected chi connectivity index (χ2v) is 7.04. The number of nitrogens with zero attached hydrogens (tertiary/aromatic N) is 4. The summed E-state index contributed by atoms with van der Waals surface area (Å²) in [6.45, 7) is 3.48. The Morgan fingerprint density at radius 2 is 2.07 bits per heavy atom. The number of aryl methyl sites for hydroxylation is 1. The van der Waals surface area contributed by atoms with Crippen molar-refractivity contribution in [1.82, 2.24) is 19.7 Å². The molecule has 1 aliphatic rings. The largest absolute Gasteiger partial charge is 0.497 e. The first kappa shape index (κ1) is 19.2. The van der Waals surface area contributed by atoms with Crippen LogP contribution in [-0.2, 0) is 13.0 Å². The molecule has 146 valence electrons. The Bertz CT molecular complexity index is 756. The fraction of sp³-hybridized carbons (Fsp3) is 0.550. The molecular weight excluding hydrogens is 342 g/mol. The summed E-state index contributed by atoms with van der Waals surface area (Å²) in [5, 5.41) is 4.75. The van der Waals surface area contributed by atoms with E-state index in [1.165, 1.54) is 6.42 Å². The standard InChI is InChI=1S/C20H29N5O2/c1-3-4-5-8-18-22-19(17-7-6-13-24(17)20(21)26)25(23-18)14-15-9-11-16(27-2)12-10-15/h9-12,17H,3-8,13-14H2,1-2H3,(H2,21,26)/t17-/m0/s1. The predicted octanol–water partition coefficient (Wildman–Crippen LogP) is 3.28. The fourth-order valence-electron chi connectivity index (χ4n) is 3.61. The van der Waals surface area contributed by atoms with Gasteiger partial charge < -0.3 is 15.4 Å². The number of primary amides is 1. The van der Waals surface area contributed by atoms with Gasteiger partial charge in [-0.15, -0.1) is 0 Å². The first-order valence-electron chi connectivity index (χ1n) is 9.75. The first-order chi connectivity index (χ1) is 13.1. The zero-order chi connectivity index (χ0) is 19.2. The number of nitrogens with two attached hydrogens (primary N) is 1. The third-order valence-corrected chi connectivity index (χ3v) is 5.07. The second kappa shape index (κ2) is 8.88. The number of amides is 2. The van der Waals surface area contributed by atoms with E-state index in [2.05, 4.69) is 6.92 Å². The van der Waals surface area contributed by atoms with Crippen LogP contribution in [0.4, 0.5) is 4.79 Å². The summed E-state index contributed by atoms with van der Waals surface area (Å²) < 4.78 is 7.17. The van der Waals surface area contributed by atoms with E-state index in [0.717, 1.165) is 55.1 Å². The van der Waals surface area contributed by atoms with Crippen LogP contribution in [0.1, 0.15) is 62.3 Å². The maximum atomic E-state index is 11.8. The molecule has 1 saturated heterocycles. The summed E-state index contributed by atoms with van der Waals surface area (Å²) in [5.41, 5.74) is 6.70. The Balaban J connectivity index is 1.86. The van der Waals surface area contributed by atoms with Gasteiger partial charge >= 0.3 is 6.03 Å². The van der Waals surface area contributed by atoms with Crippen molar-refractivity contribution in [2.45, 2.75) is 58.0 Å². The number of benzene rings is 1. The molecule has 7 nitrogen and oxygen atoms in total. The van der Waals surface area contributed by atoms with E-state index in [4.69, 9.17) is 20.6 Å². The molecule has 2 heterocycles. The predicted molar refractivity (Wildman–Crippen MR) is 104 cm³/mol. The molecule has 2 N–H and O–H groups in total. The molecule has 7 heteroatoms. The van der Waals surface area contributed by atoms with Crippen molar-refractivity contribution in [1.29, 1.82) is 0 Å². The summed E-state index contributed by atoms with van der Waals surface area (Å²) in [4.78, 5) is 18.3. The van der Waals surface area contributed by atoms with E-state index in [0.29, 0.717) is 13.1 Å². The van der Waals surface area contributed by atoms with Crippen molar-refractivity contribution in [2.75, 3.05) is 13.7 Å². The molecular formula is C20H29N5O2. The van der Waals surface area contributed by atoms with Crippen LogP contribution in [0.3, 0.4) is 0 Å². The van der Waals surface area contributed by atoms with E-state index in [9.17, 15) is 4.79 Å². The lowest BCUT2D eigenvalue weighted by atomic mass is 10.2. The minimum Gasteiger partial charge on any atom is -0.497 e. The molecule has 0 saturated carbocycles. The Morgan fingerprint density at radius 1 is 1.30 bits per heavy atom. The van der Waals surface area contributed by atoms with Gasteiger partial charge in [-0.05, 0) is 37.0 Å². The lowest BCUT2D eigenvalue weighted by Gasteiger charge is -2.22. The van der Waals surface area contributed by atoms with E-state index in [-0.39, 0.29) is 12.1 Å². The Morgan fingerprint density at radius 3 is 2.74 bits per heavy atom. The van der Waals surface area contributed by atoms with Crippen molar-refractivity contribution >= 4 is 6.03 Å². The van der Waals surface area contributed by atoms with Crippen LogP contribution in [0.2, 0.25) is 0 Å². The Kier molecular flexibility index (Phi) is 6.32. The molecule has 1 aromatic heterocycles. The highest BCUT2D eigenvalue weighted by atomic mass is 16.5. The molecule has 0 bridgehead atoms. The number of rotatable bonds is 8. The van der Waals surface area contributed by atoms with E-state index < -0.39 is 0 Å². The fourth-order valence-corrected chi connectivity index (χ4v) is 3.61. The highest BCUT2D eigenvalue weighted by Gasteiger charge is 2.32. The summed E-state index contributed by atoms with van der Waals surface area (Å²) >= 11 is 0. The zero-order valence-corrected chi connectivity index (χ0v) is 16.2. The van der Waals surface area contributed by atoms with Crippen molar-refractivity contribution in [3.8, 4) is 5.75 Å². The van der Waals surface area contributed by atoms with Gasteiger partial charge in [-0.1, -0.05) is 31.9 Å². The lowest BCUT2D eigenvalue weighted by molar-refractivity contribution is 0.199. The van der Waals surface area contributed by atoms with Gasteiger partial charge in [0.1, 0.15) is 11.6 Å². The molecule has 0 unspecified atom stereocenters. The lowest BCUT2D eigenvalue weighted by Crippen LogP contribution is -2.36. The van der Waals surface area contributed by atoms with Gasteiger partial charge in [-0.3, -0.25) is 0 Å². The van der Waals surface area contributed by atoms with E-state index in [1.807, 2.05) is 28.9 Å². The van der Waals surface area contributed by atoms with Crippen LogP contribution in [0.5, 0.6) is 5.75 Å². The average molecular weight is 371 g/mol. The van der Waals surface area contributed by atoms with Gasteiger partial charge in [0.2, 0.25) is 0 Å². The molecule has 0 spiro atoms. The molecule has 1 aromatic carbocycles. The van der Waals surface area contributed by atoms with Gasteiger partial charge in [-0.2, -0.15) is 5.10 Å². The smallest absolute Gasteiger partial charge is 0.315 e. The summed E-state index contributed by atoms with van der Waals surface area (Å²) in [5.74, 6) is 2.52. The van der Waals surface area contributed by atoms with Crippen LogP contribution in [0.15, 0.2) is 24.3 Å². The number of unbranched alkanes of at least 4 members (excludes halogenated alkanes) is 2. The number of carbonyl (C=O) groups excluding carboxylic acids is 1. The molecule has 0 aliphatic carbocycles. The van der Waals surface area contributed by atoms with Crippen molar-refractivity contribution in [3.63, 3.8) is 0 Å². The summed E-state index contributed by atoms with van der Waals surface area (Å²) in [6, 6.07) is 7.47. The Labute approximate surface area is 160 Å². The normalized spacial score (nSPS) is 16.7. The molecule has 1 aliphatic heterocycles. The van der Waals surface area contributed by atoms with E-state index in [1.54, 1.807) is 12.0 Å². The van der Waals surface area contributed by atoms with Crippen molar-refractivity contribution < 1.29 is 9.53 Å². The highest BCUT2D eigenvalue weighted by molar-refractivity contribution is 5.72. The zero-order valence-electron chi connectivity index (χ0n) is 16.2. The van der Waals surface area contributed by atoms with Gasteiger partial charge in [0, 0.05) is 13.0 Å². The number of likely N-dealkylation sites (tertiary alicyclic amines) is 1. The number of methoxy groups -OCH3 is 1. The minimum absolute atomic E-state index is 0.0897. The summed E-state index contributed by atoms with van der Waals surface area (Å²) in [6.07, 6.45) is 6.08. The monoisotopic (exact) mass is 371 g/mol. The van der Waals surface area contributed by atoms with Crippen LogP contribution < -0.4 is 10.5 Å². The molecule has 2 amide bonds. The summed E-state index contributed by atoms with van der Waals surface area (Å²) in [7, 11) is 1.66. The molecule has 1 atom stereocenters. The molecule has 2 aromatic rings. The topological polar surface area (TPSA) is 86.3 Å². The third-order valence-electron chi connectivity index (χ3n) is 5.07. The molecule has 0 radical (unpaired) electrons. The molecule has 27 heavy (non-hydrogen) atoms. The van der Waals surface area contributed by atoms with E-state index >= 15 is 0 Å². The number of ether oxygens (including phenoxy) is 1. The van der Waals surface area contributed by atoms with Gasteiger partial charge in [0.05, 0.1) is 19.7 Å². The maximum absolute atomic E-state index is 11.8. The van der Waals surface area contributed by atoms with Gasteiger partial charge in [0.15, 0.2) is 5.82 Å². The van der Waals surface area contributed by atoms with Crippen molar-refractivity contribution in [2.24, 2.45) is 5.73 Å². The van der Waals surface area contributed by atoms with Crippen LogP contribution in [0.25, 0.3) is 0 Å². The number of hydrogen-bond donors (Lipinski definition) is 1. The second-order valence-electron chi connectivity index (χ2n) is 7.04. The number of carbonyl (C=O) groups is 1. The van der Waals surface area contributed by atoms with Crippen LogP contribution in [-0.4, -0.2) is 39.4 Å². The molecule has 3 rings (SSSR count). The third kappa shape index (κ3) is 4.59. The number of aromatic nitrogens is 3. The first-order valence-corrected chi connectivity index (χ1v) is 9.75. The average Bonchev–Trinajstić information content (AvgIpc) is 3.29. The van der Waals surface area contributed by atoms with Crippen LogP contribution >= 0.6 is 0 Å². The SMILES string of the molecule is CCCCCc1nc([C@@H]2CCCN2C(N)=O)n(Cc2ccc(OC)cc2)n1. The molecule has 1 fully saturated rings. The van der Waals surface area contributed by atoms with Gasteiger partial charge in [0.25, 0.3) is 0 Å². The number of hydrogen-bond acceptors (Lipinski definition) is 4. The minimum atomic E-state index is -0.385. The van der Waals surface area contributed by atoms with Gasteiger partial charge in [-0.25, -0.2) is 14.5 Å². The van der Waals surface area contributed by atoms with Crippen molar-refractivity contribution in [3.05, 3.63) is 41.5 Å². The Hall–Kier alpha value is -2.57.